The van der Waals surface area contributed by atoms with E-state index in [1.807, 2.05) is 0 Å². The van der Waals surface area contributed by atoms with Gasteiger partial charge in [-0.05, 0) is 36.4 Å². The molecule has 0 aromatic heterocycles. The lowest BCUT2D eigenvalue weighted by Gasteiger charge is -2.56. The van der Waals surface area contributed by atoms with Crippen LogP contribution < -0.4 is 0 Å². The van der Waals surface area contributed by atoms with Gasteiger partial charge in [-0.25, -0.2) is 17.2 Å². The highest BCUT2D eigenvalue weighted by atomic mass is 32.2. The van der Waals surface area contributed by atoms with Gasteiger partial charge in [0, 0.05) is 0 Å². The first-order valence-corrected chi connectivity index (χ1v) is 14.5. The maximum atomic E-state index is 13.7. The van der Waals surface area contributed by atoms with Gasteiger partial charge in [-0.3, -0.25) is 0 Å². The molecule has 3 aromatic rings. The smallest absolute Gasteiger partial charge is 0.457 e. The van der Waals surface area contributed by atoms with Crippen molar-refractivity contribution < 1.29 is 78.8 Å². The molecule has 1 fully saturated rings. The first-order chi connectivity index (χ1) is 20.7. The van der Waals surface area contributed by atoms with E-state index in [0.717, 1.165) is 0 Å². The quantitative estimate of drug-likeness (QED) is 0.151. The second kappa shape index (κ2) is 11.5. The summed E-state index contributed by atoms with van der Waals surface area (Å²) in [5.74, 6) is -42.1. The van der Waals surface area contributed by atoms with Crippen molar-refractivity contribution in [3.63, 3.8) is 0 Å². The summed E-state index contributed by atoms with van der Waals surface area (Å²) in [6.45, 7) is 0. The molecule has 0 spiro atoms. The third-order valence-electron chi connectivity index (χ3n) is 6.53. The van der Waals surface area contributed by atoms with Crippen molar-refractivity contribution in [1.29, 1.82) is 0 Å². The zero-order valence-corrected chi connectivity index (χ0v) is 23.5. The van der Waals surface area contributed by atoms with E-state index in [1.54, 1.807) is 0 Å². The van der Waals surface area contributed by atoms with Crippen LogP contribution in [0.4, 0.5) is 65.9 Å². The van der Waals surface area contributed by atoms with Crippen LogP contribution in [0.1, 0.15) is 0 Å². The summed E-state index contributed by atoms with van der Waals surface area (Å²) in [7, 11) is -8.40. The molecule has 1 aliphatic rings. The molecule has 0 bridgehead atoms. The molecule has 0 aliphatic heterocycles. The lowest BCUT2D eigenvalue weighted by molar-refractivity contribution is -0.493. The van der Waals surface area contributed by atoms with E-state index in [0.29, 0.717) is 0 Å². The van der Waals surface area contributed by atoms with E-state index in [9.17, 15) is 78.8 Å². The van der Waals surface area contributed by atoms with Crippen molar-refractivity contribution >= 4 is 21.0 Å². The Labute approximate surface area is 252 Å². The summed E-state index contributed by atoms with van der Waals surface area (Å²) >= 11 is 0. The van der Waals surface area contributed by atoms with E-state index < -0.39 is 56.6 Å². The standard InChI is InChI=1S/C18H15S.C8HF15O3S/c1-4-10-16(11-5-1)19(17-12-6-2-7-13-17)18-14-8-3-9-15-18;9-1(4(14,15)8(21,22)23)2(10,11)5(16,17)7(20,27(24,25)26)6(18,19)3(1,12)13/h1-15H;(H,24,25,26)/q+1;/p-1. The summed E-state index contributed by atoms with van der Waals surface area (Å²) in [6, 6.07) is 32.2. The van der Waals surface area contributed by atoms with Crippen LogP contribution in [0, 0.1) is 0 Å². The molecule has 3 aromatic carbocycles. The number of halogens is 15. The van der Waals surface area contributed by atoms with Gasteiger partial charge in [0.25, 0.3) is 0 Å². The van der Waals surface area contributed by atoms with Crippen LogP contribution in [-0.4, -0.2) is 59.4 Å². The summed E-state index contributed by atoms with van der Waals surface area (Å²) in [4.78, 5) is 4.08. The van der Waals surface area contributed by atoms with Crippen molar-refractivity contribution in [3.8, 4) is 0 Å². The molecule has 0 atom stereocenters. The van der Waals surface area contributed by atoms with E-state index in [4.69, 9.17) is 0 Å². The van der Waals surface area contributed by atoms with Gasteiger partial charge in [-0.15, -0.1) is 0 Å². The number of benzene rings is 3. The Morgan fingerprint density at radius 1 is 0.500 bits per heavy atom. The van der Waals surface area contributed by atoms with Crippen molar-refractivity contribution in [3.05, 3.63) is 91.0 Å². The molecule has 0 unspecified atom stereocenters. The van der Waals surface area contributed by atoms with Gasteiger partial charge in [-0.2, -0.15) is 57.1 Å². The van der Waals surface area contributed by atoms with Crippen LogP contribution in [-0.2, 0) is 21.0 Å². The number of hydrogen-bond donors (Lipinski definition) is 0. The third-order valence-corrected chi connectivity index (χ3v) is 9.96. The van der Waals surface area contributed by atoms with Crippen LogP contribution in [0.5, 0.6) is 0 Å². The Bertz CT molecular complexity index is 1490. The molecule has 20 heteroatoms. The minimum atomic E-state index is -8.63. The normalized spacial score (nSPS) is 25.3. The first kappa shape index (κ1) is 37.3. The molecule has 1 saturated carbocycles. The topological polar surface area (TPSA) is 57.2 Å². The summed E-state index contributed by atoms with van der Waals surface area (Å²) in [6.07, 6.45) is -7.96. The highest BCUT2D eigenvalue weighted by Crippen LogP contribution is 2.74. The van der Waals surface area contributed by atoms with Crippen molar-refractivity contribution in [2.45, 2.75) is 61.1 Å². The average Bonchev–Trinajstić information content (AvgIpc) is 2.96. The predicted octanol–water partition coefficient (Wildman–Crippen LogP) is 8.44. The number of hydrogen-bond acceptors (Lipinski definition) is 3. The Hall–Kier alpha value is -3.13. The zero-order chi connectivity index (χ0) is 35.4. The third kappa shape index (κ3) is 5.01. The van der Waals surface area contributed by atoms with Crippen molar-refractivity contribution in [1.82, 2.24) is 0 Å². The molecule has 0 amide bonds. The van der Waals surface area contributed by atoms with Crippen LogP contribution in [0.2, 0.25) is 0 Å². The molecular formula is C26H15F15O3S2. The SMILES string of the molecule is O=S(=O)([O-])C1(F)C(F)(F)C(F)(F)C(F)(C(F)(F)C(F)(F)F)C(F)(F)C1(F)F.c1ccc([S+](c2ccccc2)c2ccccc2)cc1. The lowest BCUT2D eigenvalue weighted by atomic mass is 9.69. The maximum Gasteiger partial charge on any atom is 0.457 e. The summed E-state index contributed by atoms with van der Waals surface area (Å²) < 4.78 is 227. The molecule has 0 N–H and O–H groups in total. The molecule has 46 heavy (non-hydrogen) atoms. The molecule has 0 saturated heterocycles. The minimum Gasteiger partial charge on any atom is -0.745 e. The Morgan fingerprint density at radius 2 is 0.761 bits per heavy atom. The molecule has 0 radical (unpaired) electrons. The zero-order valence-electron chi connectivity index (χ0n) is 21.9. The second-order valence-electron chi connectivity index (χ2n) is 9.32. The van der Waals surface area contributed by atoms with E-state index in [-0.39, 0.29) is 10.9 Å². The highest BCUT2D eigenvalue weighted by molar-refractivity contribution is 7.97. The van der Waals surface area contributed by atoms with Crippen LogP contribution in [0.3, 0.4) is 0 Å². The molecule has 4 rings (SSSR count). The summed E-state index contributed by atoms with van der Waals surface area (Å²) in [5, 5.41) is -8.02. The Balaban J connectivity index is 0.000000264. The van der Waals surface area contributed by atoms with Crippen molar-refractivity contribution in [2.24, 2.45) is 0 Å². The lowest BCUT2D eigenvalue weighted by Crippen LogP contribution is -2.90. The fourth-order valence-electron chi connectivity index (χ4n) is 4.21. The van der Waals surface area contributed by atoms with E-state index in [2.05, 4.69) is 91.0 Å². The van der Waals surface area contributed by atoms with Gasteiger partial charge in [0.05, 0.1) is 10.9 Å². The predicted molar refractivity (Wildman–Crippen MR) is 130 cm³/mol. The van der Waals surface area contributed by atoms with Crippen LogP contribution >= 0.6 is 0 Å². The Kier molecular flexibility index (Phi) is 9.36. The molecule has 3 nitrogen and oxygen atoms in total. The first-order valence-electron chi connectivity index (χ1n) is 11.9. The average molecular weight is 725 g/mol. The maximum absolute atomic E-state index is 13.7. The van der Waals surface area contributed by atoms with Gasteiger partial charge in [0.1, 0.15) is 10.1 Å². The second-order valence-corrected chi connectivity index (χ2v) is 12.8. The molecule has 254 valence electrons. The molecule has 0 heterocycles. The fourth-order valence-corrected chi connectivity index (χ4v) is 7.20. The number of rotatable bonds is 5. The van der Waals surface area contributed by atoms with Crippen LogP contribution in [0.25, 0.3) is 0 Å². The fraction of sp³-hybridized carbons (Fsp3) is 0.308. The highest BCUT2D eigenvalue weighted by Gasteiger charge is 3.07. The Morgan fingerprint density at radius 3 is 0.978 bits per heavy atom. The van der Waals surface area contributed by atoms with Crippen molar-refractivity contribution in [2.75, 3.05) is 0 Å². The monoisotopic (exact) mass is 724 g/mol. The van der Waals surface area contributed by atoms with Gasteiger partial charge < -0.3 is 4.55 Å². The van der Waals surface area contributed by atoms with Gasteiger partial charge in [-0.1, -0.05) is 54.6 Å². The van der Waals surface area contributed by atoms with E-state index in [1.165, 1.54) is 14.7 Å². The minimum absolute atomic E-state index is 0.0146. The van der Waals surface area contributed by atoms with Gasteiger partial charge >= 0.3 is 46.5 Å². The van der Waals surface area contributed by atoms with E-state index >= 15 is 0 Å². The van der Waals surface area contributed by atoms with Gasteiger partial charge in [0.2, 0.25) is 0 Å². The molecular weight excluding hydrogens is 709 g/mol. The largest absolute Gasteiger partial charge is 0.745 e. The number of alkyl halides is 15. The van der Waals surface area contributed by atoms with Gasteiger partial charge in [0.15, 0.2) is 14.7 Å². The molecule has 1 aliphatic carbocycles. The van der Waals surface area contributed by atoms with Crippen LogP contribution in [0.15, 0.2) is 106 Å². The summed E-state index contributed by atoms with van der Waals surface area (Å²) in [5.41, 5.74) is -8.63.